The summed E-state index contributed by atoms with van der Waals surface area (Å²) in [5.74, 6) is -0.835. The highest BCUT2D eigenvalue weighted by molar-refractivity contribution is 6.70. The molecule has 0 aromatic heterocycles. The Balaban J connectivity index is 3.29. The molecule has 0 aromatic rings. The molecule has 10 heavy (non-hydrogen) atoms. The van der Waals surface area contributed by atoms with Crippen molar-refractivity contribution in [3.05, 3.63) is 0 Å². The van der Waals surface area contributed by atoms with Crippen LogP contribution in [0.15, 0.2) is 0 Å². The van der Waals surface area contributed by atoms with Gasteiger partial charge in [-0.3, -0.25) is 4.79 Å². The first-order chi connectivity index (χ1) is 4.42. The zero-order valence-corrected chi connectivity index (χ0v) is 7.35. The van der Waals surface area contributed by atoms with Crippen molar-refractivity contribution in [2.75, 3.05) is 0 Å². The molecule has 0 aliphatic heterocycles. The summed E-state index contributed by atoms with van der Waals surface area (Å²) < 4.78 is 12.8. The number of hydrogen-bond acceptors (Lipinski definition) is 1. The van der Waals surface area contributed by atoms with Gasteiger partial charge in [-0.25, -0.2) is 0 Å². The van der Waals surface area contributed by atoms with E-state index in [1.165, 1.54) is 0 Å². The zero-order valence-electron chi connectivity index (χ0n) is 6.35. The minimum Gasteiger partial charge on any atom is -0.481 e. The minimum absolute atomic E-state index is 0.0976. The Kier molecular flexibility index (Phi) is 3.56. The summed E-state index contributed by atoms with van der Waals surface area (Å²) in [6, 6.07) is 0.458. The van der Waals surface area contributed by atoms with Crippen molar-refractivity contribution in [3.63, 3.8) is 0 Å². The van der Waals surface area contributed by atoms with Crippen molar-refractivity contribution in [3.8, 4) is 0 Å². The number of rotatable bonds is 4. The van der Waals surface area contributed by atoms with Gasteiger partial charge in [0.25, 0.3) is 0 Å². The molecular weight excluding hydrogens is 151 g/mol. The van der Waals surface area contributed by atoms with Crippen molar-refractivity contribution in [1.82, 2.24) is 0 Å². The fourth-order valence-electron chi connectivity index (χ4n) is 0.660. The lowest BCUT2D eigenvalue weighted by atomic mass is 10.3. The van der Waals surface area contributed by atoms with Gasteiger partial charge in [0.2, 0.25) is 8.41 Å². The van der Waals surface area contributed by atoms with Gasteiger partial charge in [0.15, 0.2) is 0 Å². The third-order valence-electron chi connectivity index (χ3n) is 1.16. The maximum Gasteiger partial charge on any atom is 0.303 e. The molecule has 4 heteroatoms. The van der Waals surface area contributed by atoms with Gasteiger partial charge in [0.1, 0.15) is 0 Å². The van der Waals surface area contributed by atoms with Crippen LogP contribution in [0.2, 0.25) is 19.1 Å². The number of hydrogen-bond donors (Lipinski definition) is 1. The molecule has 60 valence electrons. The maximum absolute atomic E-state index is 12.8. The molecule has 2 nitrogen and oxygen atoms in total. The molecule has 0 atom stereocenters. The molecule has 0 fully saturated rings. The molecule has 0 unspecified atom stereocenters. The Morgan fingerprint density at radius 3 is 2.40 bits per heavy atom. The van der Waals surface area contributed by atoms with Crippen LogP contribution in [-0.2, 0) is 4.79 Å². The first-order valence-electron chi connectivity index (χ1n) is 3.32. The number of carbonyl (C=O) groups is 1. The Morgan fingerprint density at radius 2 is 2.10 bits per heavy atom. The quantitative estimate of drug-likeness (QED) is 0.510. The highest BCUT2D eigenvalue weighted by Gasteiger charge is 2.19. The summed E-state index contributed by atoms with van der Waals surface area (Å²) >= 11 is 0. The van der Waals surface area contributed by atoms with Gasteiger partial charge in [-0.2, -0.15) is 0 Å². The van der Waals surface area contributed by atoms with Crippen LogP contribution < -0.4 is 0 Å². The van der Waals surface area contributed by atoms with E-state index in [4.69, 9.17) is 5.11 Å². The fraction of sp³-hybridized carbons (Fsp3) is 0.833. The van der Waals surface area contributed by atoms with Gasteiger partial charge < -0.3 is 9.21 Å². The van der Waals surface area contributed by atoms with E-state index in [0.29, 0.717) is 12.5 Å². The van der Waals surface area contributed by atoms with E-state index in [9.17, 15) is 8.90 Å². The van der Waals surface area contributed by atoms with Crippen LogP contribution in [0, 0.1) is 0 Å². The van der Waals surface area contributed by atoms with Crippen molar-refractivity contribution < 1.29 is 14.0 Å². The van der Waals surface area contributed by atoms with E-state index >= 15 is 0 Å². The Labute approximate surface area is 61.2 Å². The van der Waals surface area contributed by atoms with E-state index in [0.717, 1.165) is 0 Å². The molecule has 0 rings (SSSR count). The van der Waals surface area contributed by atoms with Crippen LogP contribution in [0.4, 0.5) is 4.11 Å². The average molecular weight is 164 g/mol. The van der Waals surface area contributed by atoms with E-state index in [1.807, 2.05) is 0 Å². The lowest BCUT2D eigenvalue weighted by molar-refractivity contribution is -0.137. The van der Waals surface area contributed by atoms with Gasteiger partial charge in [0.05, 0.1) is 0 Å². The number of carboxylic acid groups (broad SMARTS) is 1. The largest absolute Gasteiger partial charge is 0.481 e. The molecule has 0 aliphatic rings. The summed E-state index contributed by atoms with van der Waals surface area (Å²) in [7, 11) is -2.49. The van der Waals surface area contributed by atoms with Crippen molar-refractivity contribution in [1.29, 1.82) is 0 Å². The lowest BCUT2D eigenvalue weighted by Crippen LogP contribution is -2.17. The third-order valence-corrected chi connectivity index (χ3v) is 2.70. The van der Waals surface area contributed by atoms with Crippen LogP contribution >= 0.6 is 0 Å². The molecule has 0 amide bonds. The Bertz CT molecular complexity index is 119. The third kappa shape index (κ3) is 7.62. The van der Waals surface area contributed by atoms with Gasteiger partial charge in [-0.05, 0) is 25.6 Å². The molecular formula is C6H13FO2Si. The maximum atomic E-state index is 12.8. The van der Waals surface area contributed by atoms with E-state index in [2.05, 4.69) is 0 Å². The highest BCUT2D eigenvalue weighted by Crippen LogP contribution is 2.13. The molecule has 1 N–H and O–H groups in total. The second-order valence-corrected chi connectivity index (χ2v) is 6.90. The molecule has 0 spiro atoms. The molecule has 0 saturated heterocycles. The van der Waals surface area contributed by atoms with Gasteiger partial charge in [-0.1, -0.05) is 0 Å². The normalized spacial score (nSPS) is 11.5. The van der Waals surface area contributed by atoms with E-state index in [1.54, 1.807) is 13.1 Å². The summed E-state index contributed by atoms with van der Waals surface area (Å²) in [5.41, 5.74) is 0. The highest BCUT2D eigenvalue weighted by atomic mass is 28.4. The van der Waals surface area contributed by atoms with Crippen LogP contribution in [0.3, 0.4) is 0 Å². The first-order valence-corrected chi connectivity index (χ1v) is 6.41. The van der Waals surface area contributed by atoms with Gasteiger partial charge in [-0.15, -0.1) is 0 Å². The van der Waals surface area contributed by atoms with Gasteiger partial charge >= 0.3 is 5.97 Å². The summed E-state index contributed by atoms with van der Waals surface area (Å²) in [6.07, 6.45) is 0.575. The van der Waals surface area contributed by atoms with Crippen LogP contribution in [0.5, 0.6) is 0 Å². The predicted octanol–water partition coefficient (Wildman–Crippen LogP) is 2.03. The summed E-state index contributed by atoms with van der Waals surface area (Å²) in [6.45, 7) is 3.18. The average Bonchev–Trinajstić information content (AvgIpc) is 1.59. The van der Waals surface area contributed by atoms with E-state index < -0.39 is 14.4 Å². The number of aliphatic carboxylic acids is 1. The molecule has 0 saturated carbocycles. The van der Waals surface area contributed by atoms with Crippen LogP contribution in [0.1, 0.15) is 12.8 Å². The van der Waals surface area contributed by atoms with Gasteiger partial charge in [0, 0.05) is 6.42 Å². The topological polar surface area (TPSA) is 37.3 Å². The fourth-order valence-corrected chi connectivity index (χ4v) is 1.68. The van der Waals surface area contributed by atoms with Crippen LogP contribution in [0.25, 0.3) is 0 Å². The van der Waals surface area contributed by atoms with Crippen molar-refractivity contribution in [2.24, 2.45) is 0 Å². The number of carboxylic acids is 1. The molecule has 0 radical (unpaired) electrons. The van der Waals surface area contributed by atoms with Crippen molar-refractivity contribution >= 4 is 14.4 Å². The monoisotopic (exact) mass is 164 g/mol. The molecule has 0 aromatic carbocycles. The van der Waals surface area contributed by atoms with Crippen molar-refractivity contribution in [2.45, 2.75) is 32.0 Å². The SMILES string of the molecule is C[Si](C)(F)CCCC(=O)O. The predicted molar refractivity (Wildman–Crippen MR) is 40.3 cm³/mol. The molecule has 0 bridgehead atoms. The van der Waals surface area contributed by atoms with E-state index in [-0.39, 0.29) is 6.42 Å². The lowest BCUT2D eigenvalue weighted by Gasteiger charge is -2.08. The second kappa shape index (κ2) is 3.70. The Morgan fingerprint density at radius 1 is 1.60 bits per heavy atom. The zero-order chi connectivity index (χ0) is 8.20. The molecule has 0 aliphatic carbocycles. The standard InChI is InChI=1S/C6H13FO2Si/c1-10(2,7)5-3-4-6(8)9/h3-5H2,1-2H3,(H,8,9). The molecule has 0 heterocycles. The Hall–Kier alpha value is -0.383. The number of halogens is 1. The minimum atomic E-state index is -2.49. The van der Waals surface area contributed by atoms with Crippen LogP contribution in [-0.4, -0.2) is 19.5 Å². The summed E-state index contributed by atoms with van der Waals surface area (Å²) in [5, 5.41) is 8.20. The second-order valence-electron chi connectivity index (χ2n) is 2.97. The smallest absolute Gasteiger partial charge is 0.303 e. The summed E-state index contributed by atoms with van der Waals surface area (Å²) in [4.78, 5) is 9.98. The first kappa shape index (κ1) is 9.62.